The lowest BCUT2D eigenvalue weighted by molar-refractivity contribution is 0.0322. The van der Waals surface area contributed by atoms with Crippen LogP contribution in [0.25, 0.3) is 11.4 Å². The fraction of sp³-hybridized carbons (Fsp3) is 0.318. The summed E-state index contributed by atoms with van der Waals surface area (Å²) in [5, 5.41) is 3.61. The molecule has 0 aliphatic carbocycles. The van der Waals surface area contributed by atoms with E-state index in [2.05, 4.69) is 25.2 Å². The first-order valence-corrected chi connectivity index (χ1v) is 10.6. The third-order valence-electron chi connectivity index (χ3n) is 4.95. The molecule has 1 aliphatic rings. The minimum atomic E-state index is 0.395. The molecule has 0 unspecified atom stereocenters. The highest BCUT2D eigenvalue weighted by Gasteiger charge is 2.10. The summed E-state index contributed by atoms with van der Waals surface area (Å²) in [6.45, 7) is 5.49. The molecule has 9 heteroatoms. The van der Waals surface area contributed by atoms with Crippen molar-refractivity contribution in [1.29, 1.82) is 0 Å². The number of pyridine rings is 1. The van der Waals surface area contributed by atoms with E-state index < -0.39 is 0 Å². The van der Waals surface area contributed by atoms with Crippen LogP contribution >= 0.6 is 11.6 Å². The van der Waals surface area contributed by atoms with Crippen LogP contribution in [0.2, 0.25) is 5.15 Å². The Morgan fingerprint density at radius 3 is 2.74 bits per heavy atom. The van der Waals surface area contributed by atoms with E-state index in [1.54, 1.807) is 24.5 Å². The van der Waals surface area contributed by atoms with E-state index >= 15 is 0 Å². The molecule has 0 spiro atoms. The maximum atomic E-state index is 5.95. The van der Waals surface area contributed by atoms with Gasteiger partial charge in [0, 0.05) is 31.7 Å². The number of nitrogens with one attached hydrogen (secondary N) is 1. The number of nitrogen functional groups attached to an aromatic ring is 1. The van der Waals surface area contributed by atoms with Gasteiger partial charge in [-0.05, 0) is 23.8 Å². The zero-order valence-electron chi connectivity index (χ0n) is 17.1. The zero-order chi connectivity index (χ0) is 21.5. The minimum Gasteiger partial charge on any atom is -0.489 e. The van der Waals surface area contributed by atoms with Crippen LogP contribution in [0.3, 0.4) is 0 Å². The first-order valence-electron chi connectivity index (χ1n) is 10.2. The van der Waals surface area contributed by atoms with Crippen molar-refractivity contribution < 1.29 is 9.47 Å². The van der Waals surface area contributed by atoms with Gasteiger partial charge < -0.3 is 20.5 Å². The van der Waals surface area contributed by atoms with Crippen LogP contribution in [0.15, 0.2) is 48.8 Å². The van der Waals surface area contributed by atoms with Gasteiger partial charge in [-0.2, -0.15) is 0 Å². The van der Waals surface area contributed by atoms with Crippen LogP contribution in [-0.2, 0) is 11.3 Å². The van der Waals surface area contributed by atoms with Crippen molar-refractivity contribution in [1.82, 2.24) is 19.9 Å². The second-order valence-corrected chi connectivity index (χ2v) is 7.56. The van der Waals surface area contributed by atoms with Crippen LogP contribution in [0, 0.1) is 0 Å². The lowest BCUT2D eigenvalue weighted by Gasteiger charge is -2.26. The Hall–Kier alpha value is -2.94. The van der Waals surface area contributed by atoms with Gasteiger partial charge in [0.1, 0.15) is 11.8 Å². The van der Waals surface area contributed by atoms with Crippen LogP contribution in [-0.4, -0.2) is 59.3 Å². The van der Waals surface area contributed by atoms with Gasteiger partial charge in [0.15, 0.2) is 17.4 Å². The number of morpholine rings is 1. The molecule has 0 bridgehead atoms. The van der Waals surface area contributed by atoms with Gasteiger partial charge in [-0.25, -0.2) is 15.0 Å². The lowest BCUT2D eigenvalue weighted by Crippen LogP contribution is -2.38. The van der Waals surface area contributed by atoms with Gasteiger partial charge >= 0.3 is 0 Å². The number of nitrogens with zero attached hydrogens (tertiary/aromatic N) is 4. The predicted octanol–water partition coefficient (Wildman–Crippen LogP) is 3.10. The predicted molar refractivity (Wildman–Crippen MR) is 121 cm³/mol. The van der Waals surface area contributed by atoms with E-state index in [1.165, 1.54) is 0 Å². The number of anilines is 2. The molecule has 3 N–H and O–H groups in total. The normalized spacial score (nSPS) is 14.4. The average Bonchev–Trinajstić information content (AvgIpc) is 2.81. The second kappa shape index (κ2) is 10.4. The molecule has 3 heterocycles. The number of rotatable bonds is 8. The molecule has 4 rings (SSSR count). The van der Waals surface area contributed by atoms with E-state index in [0.717, 1.165) is 44.0 Å². The molecule has 1 aliphatic heterocycles. The highest BCUT2D eigenvalue weighted by atomic mass is 35.5. The van der Waals surface area contributed by atoms with Crippen LogP contribution in [0.1, 0.15) is 5.56 Å². The van der Waals surface area contributed by atoms with Gasteiger partial charge in [-0.3, -0.25) is 4.90 Å². The maximum absolute atomic E-state index is 5.95. The van der Waals surface area contributed by atoms with Crippen molar-refractivity contribution in [2.75, 3.05) is 50.5 Å². The monoisotopic (exact) mass is 440 g/mol. The van der Waals surface area contributed by atoms with Crippen molar-refractivity contribution >= 4 is 23.1 Å². The standard InChI is InChI=1S/C22H25ClN6O2/c23-20-5-4-19(24)22(28-20)25-13-16-2-1-3-17(12-16)21-26-14-18(15-27-21)31-11-8-29-6-9-30-10-7-29/h1-5,12,14-15H,6-11,13,24H2,(H,25,28). The summed E-state index contributed by atoms with van der Waals surface area (Å²) in [7, 11) is 0. The summed E-state index contributed by atoms with van der Waals surface area (Å²) in [5.74, 6) is 1.87. The first kappa shape index (κ1) is 21.3. The smallest absolute Gasteiger partial charge is 0.159 e. The summed E-state index contributed by atoms with van der Waals surface area (Å²) < 4.78 is 11.1. The van der Waals surface area contributed by atoms with E-state index in [0.29, 0.717) is 41.4 Å². The van der Waals surface area contributed by atoms with Crippen LogP contribution in [0.4, 0.5) is 11.5 Å². The number of hydrogen-bond acceptors (Lipinski definition) is 8. The van der Waals surface area contributed by atoms with E-state index in [1.807, 2.05) is 24.3 Å². The van der Waals surface area contributed by atoms with Crippen molar-refractivity contribution in [2.45, 2.75) is 6.54 Å². The summed E-state index contributed by atoms with van der Waals surface area (Å²) >= 11 is 5.95. The number of benzene rings is 1. The summed E-state index contributed by atoms with van der Waals surface area (Å²) in [4.78, 5) is 15.5. The summed E-state index contributed by atoms with van der Waals surface area (Å²) in [6.07, 6.45) is 3.42. The van der Waals surface area contributed by atoms with Gasteiger partial charge in [-0.15, -0.1) is 0 Å². The SMILES string of the molecule is Nc1ccc(Cl)nc1NCc1cccc(-c2ncc(OCCN3CCOCC3)cn2)c1. The van der Waals surface area contributed by atoms with Crippen molar-refractivity contribution in [3.8, 4) is 17.1 Å². The summed E-state index contributed by atoms with van der Waals surface area (Å²) in [5.41, 5.74) is 8.46. The highest BCUT2D eigenvalue weighted by Crippen LogP contribution is 2.21. The Morgan fingerprint density at radius 1 is 1.13 bits per heavy atom. The number of aromatic nitrogens is 3. The average molecular weight is 441 g/mol. The van der Waals surface area contributed by atoms with Gasteiger partial charge in [0.2, 0.25) is 0 Å². The molecule has 1 saturated heterocycles. The molecule has 0 saturated carbocycles. The lowest BCUT2D eigenvalue weighted by atomic mass is 10.1. The van der Waals surface area contributed by atoms with E-state index in [9.17, 15) is 0 Å². The fourth-order valence-corrected chi connectivity index (χ4v) is 3.40. The van der Waals surface area contributed by atoms with Crippen LogP contribution < -0.4 is 15.8 Å². The molecule has 3 aromatic rings. The Labute approximate surface area is 186 Å². The van der Waals surface area contributed by atoms with Gasteiger partial charge in [0.25, 0.3) is 0 Å². The molecule has 162 valence electrons. The first-order chi connectivity index (χ1) is 15.2. The molecule has 0 atom stereocenters. The number of halogens is 1. The largest absolute Gasteiger partial charge is 0.489 e. The Kier molecular flexibility index (Phi) is 7.14. The second-order valence-electron chi connectivity index (χ2n) is 7.17. The van der Waals surface area contributed by atoms with Crippen molar-refractivity contribution in [3.05, 3.63) is 59.5 Å². The van der Waals surface area contributed by atoms with Gasteiger partial charge in [0.05, 0.1) is 31.3 Å². The minimum absolute atomic E-state index is 0.395. The van der Waals surface area contributed by atoms with Crippen molar-refractivity contribution in [2.24, 2.45) is 0 Å². The Balaban J connectivity index is 1.33. The summed E-state index contributed by atoms with van der Waals surface area (Å²) in [6, 6.07) is 11.4. The Morgan fingerprint density at radius 2 is 1.94 bits per heavy atom. The Bertz CT molecular complexity index is 996. The molecule has 1 fully saturated rings. The van der Waals surface area contributed by atoms with E-state index in [4.69, 9.17) is 26.8 Å². The molecule has 0 amide bonds. The molecular weight excluding hydrogens is 416 g/mol. The van der Waals surface area contributed by atoms with E-state index in [-0.39, 0.29) is 0 Å². The molecule has 2 aromatic heterocycles. The third kappa shape index (κ3) is 6.04. The zero-order valence-corrected chi connectivity index (χ0v) is 17.9. The number of nitrogens with two attached hydrogens (primary N) is 1. The molecule has 31 heavy (non-hydrogen) atoms. The molecule has 8 nitrogen and oxygen atoms in total. The number of ether oxygens (including phenoxy) is 2. The van der Waals surface area contributed by atoms with Gasteiger partial charge in [-0.1, -0.05) is 29.8 Å². The topological polar surface area (TPSA) is 98.4 Å². The number of hydrogen-bond donors (Lipinski definition) is 2. The maximum Gasteiger partial charge on any atom is 0.159 e. The highest BCUT2D eigenvalue weighted by molar-refractivity contribution is 6.29. The van der Waals surface area contributed by atoms with Crippen molar-refractivity contribution in [3.63, 3.8) is 0 Å². The molecule has 0 radical (unpaired) electrons. The van der Waals surface area contributed by atoms with Crippen LogP contribution in [0.5, 0.6) is 5.75 Å². The molecule has 1 aromatic carbocycles. The fourth-order valence-electron chi connectivity index (χ4n) is 3.25. The quantitative estimate of drug-likeness (QED) is 0.515. The molecular formula is C22H25ClN6O2. The third-order valence-corrected chi connectivity index (χ3v) is 5.16.